The third kappa shape index (κ3) is 5.09. The van der Waals surface area contributed by atoms with Gasteiger partial charge in [-0.1, -0.05) is 34.9 Å². The lowest BCUT2D eigenvalue weighted by atomic mass is 9.97. The second kappa shape index (κ2) is 8.89. The molecule has 6 nitrogen and oxygen atoms in total. The number of amides is 1. The second-order valence-electron chi connectivity index (χ2n) is 5.15. The van der Waals surface area contributed by atoms with Crippen LogP contribution in [-0.4, -0.2) is 58.2 Å². The highest BCUT2D eigenvalue weighted by Crippen LogP contribution is 2.31. The van der Waals surface area contributed by atoms with Gasteiger partial charge in [-0.3, -0.25) is 9.59 Å². The Labute approximate surface area is 148 Å². The Kier molecular flexibility index (Phi) is 7.16. The van der Waals surface area contributed by atoms with E-state index in [1.165, 1.54) is 23.1 Å². The molecule has 1 unspecified atom stereocenters. The maximum Gasteiger partial charge on any atom is 0.309 e. The molecule has 128 valence electrons. The Morgan fingerprint density at radius 1 is 1.35 bits per heavy atom. The van der Waals surface area contributed by atoms with E-state index in [1.807, 2.05) is 25.0 Å². The summed E-state index contributed by atoms with van der Waals surface area (Å²) in [7, 11) is 0. The minimum Gasteiger partial charge on any atom is -0.466 e. The van der Waals surface area contributed by atoms with E-state index in [0.717, 1.165) is 8.68 Å². The molecule has 0 bridgehead atoms. The van der Waals surface area contributed by atoms with Crippen molar-refractivity contribution in [3.05, 3.63) is 0 Å². The van der Waals surface area contributed by atoms with Crippen LogP contribution >= 0.6 is 34.9 Å². The molecule has 1 amide bonds. The molecule has 23 heavy (non-hydrogen) atoms. The topological polar surface area (TPSA) is 72.4 Å². The molecule has 0 spiro atoms. The van der Waals surface area contributed by atoms with E-state index in [4.69, 9.17) is 4.74 Å². The van der Waals surface area contributed by atoms with Gasteiger partial charge in [0.15, 0.2) is 8.68 Å². The zero-order valence-corrected chi connectivity index (χ0v) is 15.9. The standard InChI is InChI=1S/C14H21N3O3S3/c1-4-20-12(19)10-5-7-17(8-6-10)11(18)9(2)22-14-16-15-13(21-3)23-14/h9-10H,4-8H2,1-3H3. The molecule has 2 rings (SSSR count). The van der Waals surface area contributed by atoms with Gasteiger partial charge in [0.05, 0.1) is 17.8 Å². The Morgan fingerprint density at radius 3 is 2.57 bits per heavy atom. The number of carbonyl (C=O) groups excluding carboxylic acids is 2. The molecule has 1 fully saturated rings. The quantitative estimate of drug-likeness (QED) is 0.559. The van der Waals surface area contributed by atoms with Gasteiger partial charge in [-0.25, -0.2) is 0 Å². The number of hydrogen-bond donors (Lipinski definition) is 0. The first-order chi connectivity index (χ1) is 11.0. The molecule has 1 aliphatic heterocycles. The van der Waals surface area contributed by atoms with Crippen molar-refractivity contribution in [3.63, 3.8) is 0 Å². The number of likely N-dealkylation sites (tertiary alicyclic amines) is 1. The maximum absolute atomic E-state index is 12.5. The summed E-state index contributed by atoms with van der Waals surface area (Å²) < 4.78 is 6.78. The molecule has 9 heteroatoms. The van der Waals surface area contributed by atoms with Crippen LogP contribution in [0.4, 0.5) is 0 Å². The van der Waals surface area contributed by atoms with Crippen molar-refractivity contribution in [3.8, 4) is 0 Å². The van der Waals surface area contributed by atoms with Crippen LogP contribution in [0.25, 0.3) is 0 Å². The van der Waals surface area contributed by atoms with Crippen LogP contribution in [0, 0.1) is 5.92 Å². The molecule has 1 aromatic rings. The lowest BCUT2D eigenvalue weighted by molar-refractivity contribution is -0.151. The highest BCUT2D eigenvalue weighted by molar-refractivity contribution is 8.03. The van der Waals surface area contributed by atoms with E-state index in [1.54, 1.807) is 11.8 Å². The minimum absolute atomic E-state index is 0.0748. The summed E-state index contributed by atoms with van der Waals surface area (Å²) in [4.78, 5) is 26.1. The van der Waals surface area contributed by atoms with Crippen LogP contribution in [0.15, 0.2) is 8.68 Å². The largest absolute Gasteiger partial charge is 0.466 e. The van der Waals surface area contributed by atoms with Gasteiger partial charge in [0.25, 0.3) is 0 Å². The third-order valence-corrected chi connectivity index (χ3v) is 6.69. The fourth-order valence-corrected chi connectivity index (χ4v) is 5.05. The molecule has 2 heterocycles. The molecular formula is C14H21N3O3S3. The van der Waals surface area contributed by atoms with Gasteiger partial charge in [0.1, 0.15) is 0 Å². The summed E-state index contributed by atoms with van der Waals surface area (Å²) in [6.07, 6.45) is 3.31. The predicted octanol–water partition coefficient (Wildman–Crippen LogP) is 2.54. The molecule has 1 aliphatic rings. The third-order valence-electron chi connectivity index (χ3n) is 3.61. The lowest BCUT2D eigenvalue weighted by Crippen LogP contribution is -2.43. The van der Waals surface area contributed by atoms with Crippen LogP contribution in [-0.2, 0) is 14.3 Å². The number of ether oxygens (including phenoxy) is 1. The SMILES string of the molecule is CCOC(=O)C1CCN(C(=O)C(C)Sc2nnc(SC)s2)CC1. The van der Waals surface area contributed by atoms with E-state index >= 15 is 0 Å². The Morgan fingerprint density at radius 2 is 2.00 bits per heavy atom. The average Bonchev–Trinajstić information content (AvgIpc) is 3.02. The molecule has 1 aromatic heterocycles. The van der Waals surface area contributed by atoms with E-state index in [2.05, 4.69) is 10.2 Å². The first-order valence-electron chi connectivity index (χ1n) is 7.54. The molecule has 0 N–H and O–H groups in total. The number of rotatable bonds is 6. The Hall–Kier alpha value is -0.800. The van der Waals surface area contributed by atoms with Crippen LogP contribution < -0.4 is 0 Å². The van der Waals surface area contributed by atoms with Crippen LogP contribution in [0.3, 0.4) is 0 Å². The molecule has 1 saturated heterocycles. The molecule has 0 radical (unpaired) electrons. The fraction of sp³-hybridized carbons (Fsp3) is 0.714. The second-order valence-corrected chi connectivity index (χ2v) is 8.77. The van der Waals surface area contributed by atoms with Crippen molar-refractivity contribution in [2.24, 2.45) is 5.92 Å². The molecular weight excluding hydrogens is 354 g/mol. The minimum atomic E-state index is -0.197. The zero-order chi connectivity index (χ0) is 16.8. The number of carbonyl (C=O) groups is 2. The van der Waals surface area contributed by atoms with Gasteiger partial charge in [-0.15, -0.1) is 10.2 Å². The van der Waals surface area contributed by atoms with Crippen LogP contribution in [0.2, 0.25) is 0 Å². The van der Waals surface area contributed by atoms with E-state index in [-0.39, 0.29) is 23.0 Å². The van der Waals surface area contributed by atoms with Gasteiger partial charge in [0, 0.05) is 13.1 Å². The highest BCUT2D eigenvalue weighted by atomic mass is 32.2. The fourth-order valence-electron chi connectivity index (χ4n) is 2.38. The smallest absolute Gasteiger partial charge is 0.309 e. The summed E-state index contributed by atoms with van der Waals surface area (Å²) in [5.74, 6) is -0.118. The predicted molar refractivity (Wildman–Crippen MR) is 92.9 cm³/mol. The van der Waals surface area contributed by atoms with Crippen molar-refractivity contribution in [2.75, 3.05) is 26.0 Å². The number of thioether (sulfide) groups is 2. The summed E-state index contributed by atoms with van der Waals surface area (Å²) in [5.41, 5.74) is 0. The Balaban J connectivity index is 1.82. The summed E-state index contributed by atoms with van der Waals surface area (Å²) in [5, 5.41) is 7.93. The summed E-state index contributed by atoms with van der Waals surface area (Å²) >= 11 is 4.50. The average molecular weight is 376 g/mol. The van der Waals surface area contributed by atoms with Gasteiger partial charge in [-0.2, -0.15) is 0 Å². The van der Waals surface area contributed by atoms with Crippen LogP contribution in [0.5, 0.6) is 0 Å². The molecule has 1 atom stereocenters. The lowest BCUT2D eigenvalue weighted by Gasteiger charge is -2.32. The van der Waals surface area contributed by atoms with Crippen molar-refractivity contribution in [2.45, 2.75) is 40.6 Å². The first-order valence-corrected chi connectivity index (χ1v) is 10.5. The number of piperidine rings is 1. The van der Waals surface area contributed by atoms with Crippen molar-refractivity contribution in [1.29, 1.82) is 0 Å². The van der Waals surface area contributed by atoms with Crippen molar-refractivity contribution in [1.82, 2.24) is 15.1 Å². The van der Waals surface area contributed by atoms with E-state index < -0.39 is 0 Å². The monoisotopic (exact) mass is 375 g/mol. The van der Waals surface area contributed by atoms with Crippen molar-refractivity contribution < 1.29 is 14.3 Å². The summed E-state index contributed by atoms with van der Waals surface area (Å²) in [6, 6.07) is 0. The van der Waals surface area contributed by atoms with E-state index in [9.17, 15) is 9.59 Å². The maximum atomic E-state index is 12.5. The number of nitrogens with zero attached hydrogens (tertiary/aromatic N) is 3. The van der Waals surface area contributed by atoms with Gasteiger partial charge >= 0.3 is 5.97 Å². The van der Waals surface area contributed by atoms with E-state index in [0.29, 0.717) is 32.5 Å². The number of aromatic nitrogens is 2. The summed E-state index contributed by atoms with van der Waals surface area (Å²) in [6.45, 7) is 5.33. The number of esters is 1. The van der Waals surface area contributed by atoms with Gasteiger partial charge in [-0.05, 0) is 32.9 Å². The van der Waals surface area contributed by atoms with Gasteiger partial charge < -0.3 is 9.64 Å². The number of hydrogen-bond acceptors (Lipinski definition) is 8. The van der Waals surface area contributed by atoms with Crippen molar-refractivity contribution >= 4 is 46.7 Å². The van der Waals surface area contributed by atoms with Gasteiger partial charge in [0.2, 0.25) is 5.91 Å². The first kappa shape index (κ1) is 18.5. The highest BCUT2D eigenvalue weighted by Gasteiger charge is 2.30. The van der Waals surface area contributed by atoms with Crippen LogP contribution in [0.1, 0.15) is 26.7 Å². The Bertz CT molecular complexity index is 544. The molecule has 0 saturated carbocycles. The normalized spacial score (nSPS) is 17.1. The molecule has 0 aliphatic carbocycles. The zero-order valence-electron chi connectivity index (χ0n) is 13.5. The molecule has 0 aromatic carbocycles.